The Labute approximate surface area is 126 Å². The number of alkyl halides is 6. The lowest BCUT2D eigenvalue weighted by Gasteiger charge is -2.16. The van der Waals surface area contributed by atoms with Crippen LogP contribution >= 0.6 is 0 Å². The van der Waals surface area contributed by atoms with E-state index < -0.39 is 46.1 Å². The Kier molecular flexibility index (Phi) is 4.10. The Morgan fingerprint density at radius 1 is 0.783 bits per heavy atom. The Balaban J connectivity index is 2.69. The highest BCUT2D eigenvalue weighted by atomic mass is 19.4. The highest BCUT2D eigenvalue weighted by molar-refractivity contribution is 6.12. The highest BCUT2D eigenvalue weighted by Crippen LogP contribution is 2.39. The van der Waals surface area contributed by atoms with Crippen LogP contribution in [0.25, 0.3) is 0 Å². The first-order valence-corrected chi connectivity index (χ1v) is 6.13. The van der Waals surface area contributed by atoms with E-state index in [0.29, 0.717) is 12.1 Å². The van der Waals surface area contributed by atoms with Gasteiger partial charge in [-0.15, -0.1) is 0 Å². The maximum Gasteiger partial charge on any atom is 0.417 e. The number of hydrogen-bond donors (Lipinski definition) is 1. The molecule has 23 heavy (non-hydrogen) atoms. The van der Waals surface area contributed by atoms with Crippen molar-refractivity contribution >= 4 is 5.78 Å². The van der Waals surface area contributed by atoms with Gasteiger partial charge in [-0.05, 0) is 18.2 Å². The fourth-order valence-electron chi connectivity index (χ4n) is 2.08. The van der Waals surface area contributed by atoms with Crippen LogP contribution in [0.2, 0.25) is 0 Å². The predicted molar refractivity (Wildman–Crippen MR) is 68.0 cm³/mol. The zero-order valence-electron chi connectivity index (χ0n) is 11.2. The third-order valence-electron chi connectivity index (χ3n) is 3.05. The maximum absolute atomic E-state index is 13.0. The smallest absolute Gasteiger partial charge is 0.417 e. The first kappa shape index (κ1) is 16.9. The van der Waals surface area contributed by atoms with Gasteiger partial charge in [0, 0.05) is 5.56 Å². The van der Waals surface area contributed by atoms with Crippen LogP contribution in [0.5, 0.6) is 5.75 Å². The van der Waals surface area contributed by atoms with Crippen LogP contribution in [-0.2, 0) is 12.4 Å². The molecule has 0 unspecified atom stereocenters. The first-order valence-electron chi connectivity index (χ1n) is 6.13. The molecule has 2 rings (SSSR count). The molecule has 0 amide bonds. The third kappa shape index (κ3) is 3.30. The molecule has 0 saturated carbocycles. The summed E-state index contributed by atoms with van der Waals surface area (Å²) >= 11 is 0. The van der Waals surface area contributed by atoms with Gasteiger partial charge < -0.3 is 5.11 Å². The lowest BCUT2D eigenvalue weighted by molar-refractivity contribution is -0.138. The number of hydrogen-bond acceptors (Lipinski definition) is 2. The minimum absolute atomic E-state index is 0.517. The Hall–Kier alpha value is -2.51. The molecule has 0 aliphatic heterocycles. The minimum atomic E-state index is -5.00. The van der Waals surface area contributed by atoms with Gasteiger partial charge in [-0.1, -0.05) is 24.3 Å². The molecular weight excluding hydrogens is 326 g/mol. The van der Waals surface area contributed by atoms with Crippen LogP contribution in [0, 0.1) is 0 Å². The molecule has 0 radical (unpaired) electrons. The molecule has 0 fully saturated rings. The molecule has 0 aliphatic carbocycles. The number of halogens is 6. The van der Waals surface area contributed by atoms with Crippen molar-refractivity contribution in [1.29, 1.82) is 0 Å². The quantitative estimate of drug-likeness (QED) is 0.641. The maximum atomic E-state index is 13.0. The van der Waals surface area contributed by atoms with E-state index in [9.17, 15) is 36.2 Å². The average molecular weight is 334 g/mol. The van der Waals surface area contributed by atoms with Crippen LogP contribution in [0.15, 0.2) is 42.5 Å². The zero-order chi connectivity index (χ0) is 17.4. The summed E-state index contributed by atoms with van der Waals surface area (Å²) in [5, 5.41) is 9.58. The predicted octanol–water partition coefficient (Wildman–Crippen LogP) is 4.66. The van der Waals surface area contributed by atoms with Gasteiger partial charge in [0.05, 0.1) is 16.7 Å². The minimum Gasteiger partial charge on any atom is -0.507 e. The second-order valence-corrected chi connectivity index (χ2v) is 4.57. The zero-order valence-corrected chi connectivity index (χ0v) is 11.2. The molecule has 1 N–H and O–H groups in total. The SMILES string of the molecule is O=C(c1ccccc1C(F)(F)F)c1c(O)cccc1C(F)(F)F. The molecule has 0 heterocycles. The van der Waals surface area contributed by atoms with E-state index in [1.165, 1.54) is 0 Å². The second-order valence-electron chi connectivity index (χ2n) is 4.57. The van der Waals surface area contributed by atoms with Crippen molar-refractivity contribution in [1.82, 2.24) is 0 Å². The number of carbonyl (C=O) groups is 1. The van der Waals surface area contributed by atoms with Gasteiger partial charge in [0.1, 0.15) is 5.75 Å². The molecular formula is C15H8F6O2. The number of phenolic OH excluding ortho intramolecular Hbond substituents is 1. The van der Waals surface area contributed by atoms with E-state index in [0.717, 1.165) is 30.3 Å². The first-order chi connectivity index (χ1) is 10.5. The standard InChI is InChI=1S/C15H8F6O2/c16-14(17,18)9-5-2-1-4-8(9)13(23)12-10(15(19,20)21)6-3-7-11(12)22/h1-7,22H. The monoisotopic (exact) mass is 334 g/mol. The number of aromatic hydroxyl groups is 1. The van der Waals surface area contributed by atoms with Crippen LogP contribution in [0.1, 0.15) is 27.0 Å². The second kappa shape index (κ2) is 5.60. The molecule has 2 aromatic carbocycles. The third-order valence-corrected chi connectivity index (χ3v) is 3.05. The number of carbonyl (C=O) groups excluding carboxylic acids is 1. The Bertz CT molecular complexity index is 746. The van der Waals surface area contributed by atoms with Crippen LogP contribution in [0.3, 0.4) is 0 Å². The molecule has 8 heteroatoms. The van der Waals surface area contributed by atoms with E-state index in [1.54, 1.807) is 0 Å². The summed E-state index contributed by atoms with van der Waals surface area (Å²) in [6.07, 6.45) is -9.92. The van der Waals surface area contributed by atoms with E-state index in [1.807, 2.05) is 0 Å². The summed E-state index contributed by atoms with van der Waals surface area (Å²) in [5.41, 5.74) is -5.05. The van der Waals surface area contributed by atoms with Gasteiger partial charge in [-0.25, -0.2) is 0 Å². The average Bonchev–Trinajstić information content (AvgIpc) is 2.44. The van der Waals surface area contributed by atoms with Gasteiger partial charge in [0.25, 0.3) is 0 Å². The van der Waals surface area contributed by atoms with Crippen molar-refractivity contribution in [3.63, 3.8) is 0 Å². The van der Waals surface area contributed by atoms with E-state index in [4.69, 9.17) is 0 Å². The molecule has 2 nitrogen and oxygen atoms in total. The lowest BCUT2D eigenvalue weighted by Crippen LogP contribution is -2.18. The van der Waals surface area contributed by atoms with Crippen LogP contribution in [0.4, 0.5) is 26.3 Å². The van der Waals surface area contributed by atoms with Crippen LogP contribution < -0.4 is 0 Å². The summed E-state index contributed by atoms with van der Waals surface area (Å²) in [5.74, 6) is -2.59. The van der Waals surface area contributed by atoms with Crippen molar-refractivity contribution in [2.45, 2.75) is 12.4 Å². The topological polar surface area (TPSA) is 37.3 Å². The van der Waals surface area contributed by atoms with Crippen molar-refractivity contribution in [2.24, 2.45) is 0 Å². The highest BCUT2D eigenvalue weighted by Gasteiger charge is 2.40. The van der Waals surface area contributed by atoms with Crippen molar-refractivity contribution in [3.05, 3.63) is 64.7 Å². The van der Waals surface area contributed by atoms with Crippen molar-refractivity contribution in [3.8, 4) is 5.75 Å². The Morgan fingerprint density at radius 3 is 1.87 bits per heavy atom. The summed E-state index contributed by atoms with van der Waals surface area (Å²) in [6, 6.07) is 5.62. The van der Waals surface area contributed by atoms with Gasteiger partial charge in [0.15, 0.2) is 5.78 Å². The summed E-state index contributed by atoms with van der Waals surface area (Å²) in [4.78, 5) is 12.2. The molecule has 2 aromatic rings. The number of rotatable bonds is 2. The lowest BCUT2D eigenvalue weighted by atomic mass is 9.94. The fraction of sp³-hybridized carbons (Fsp3) is 0.133. The normalized spacial score (nSPS) is 12.3. The molecule has 0 bridgehead atoms. The summed E-state index contributed by atoms with van der Waals surface area (Å²) in [7, 11) is 0. The van der Waals surface area contributed by atoms with E-state index >= 15 is 0 Å². The molecule has 0 spiro atoms. The number of phenols is 1. The number of benzene rings is 2. The van der Waals surface area contributed by atoms with Crippen molar-refractivity contribution in [2.75, 3.05) is 0 Å². The summed E-state index contributed by atoms with van der Waals surface area (Å²) < 4.78 is 77.6. The Morgan fingerprint density at radius 2 is 1.30 bits per heavy atom. The fourth-order valence-corrected chi connectivity index (χ4v) is 2.08. The molecule has 122 valence electrons. The van der Waals surface area contributed by atoms with Gasteiger partial charge >= 0.3 is 12.4 Å². The largest absolute Gasteiger partial charge is 0.507 e. The number of ketones is 1. The van der Waals surface area contributed by atoms with Gasteiger partial charge in [-0.3, -0.25) is 4.79 Å². The molecule has 0 atom stereocenters. The van der Waals surface area contributed by atoms with E-state index in [-0.39, 0.29) is 0 Å². The molecule has 0 aliphatic rings. The van der Waals surface area contributed by atoms with Crippen LogP contribution in [-0.4, -0.2) is 10.9 Å². The van der Waals surface area contributed by atoms with Gasteiger partial charge in [-0.2, -0.15) is 26.3 Å². The summed E-state index contributed by atoms with van der Waals surface area (Å²) in [6.45, 7) is 0. The molecule has 0 saturated heterocycles. The molecule has 0 aromatic heterocycles. The van der Waals surface area contributed by atoms with Crippen molar-refractivity contribution < 1.29 is 36.2 Å². The van der Waals surface area contributed by atoms with E-state index in [2.05, 4.69) is 0 Å². The van der Waals surface area contributed by atoms with Gasteiger partial charge in [0.2, 0.25) is 0 Å².